The molecule has 8 heteroatoms. The molecule has 1 unspecified atom stereocenters. The van der Waals surface area contributed by atoms with Gasteiger partial charge in [-0.05, 0) is 28.8 Å². The summed E-state index contributed by atoms with van der Waals surface area (Å²) in [5, 5.41) is 10.8. The van der Waals surface area contributed by atoms with Crippen molar-refractivity contribution in [3.05, 3.63) is 90.0 Å². The van der Waals surface area contributed by atoms with Crippen LogP contribution in [0.3, 0.4) is 0 Å². The third-order valence-corrected chi connectivity index (χ3v) is 6.84. The van der Waals surface area contributed by atoms with Crippen molar-refractivity contribution in [1.29, 1.82) is 0 Å². The van der Waals surface area contributed by atoms with Gasteiger partial charge in [-0.25, -0.2) is 8.42 Å². The predicted molar refractivity (Wildman–Crippen MR) is 101 cm³/mol. The zero-order valence-corrected chi connectivity index (χ0v) is 15.8. The average molecular weight is 419 g/mol. The predicted octanol–water partition coefficient (Wildman–Crippen LogP) is 4.27. The van der Waals surface area contributed by atoms with Crippen LogP contribution in [0.2, 0.25) is 0 Å². The van der Waals surface area contributed by atoms with Crippen LogP contribution in [0.25, 0.3) is 11.1 Å². The zero-order valence-electron chi connectivity index (χ0n) is 15.0. The van der Waals surface area contributed by atoms with Gasteiger partial charge in [-0.1, -0.05) is 66.7 Å². The summed E-state index contributed by atoms with van der Waals surface area (Å²) in [4.78, 5) is -0.548. The fourth-order valence-electron chi connectivity index (χ4n) is 3.51. The fourth-order valence-corrected chi connectivity index (χ4v) is 5.33. The normalized spacial score (nSPS) is 21.1. The van der Waals surface area contributed by atoms with Crippen LogP contribution in [0.4, 0.5) is 13.2 Å². The van der Waals surface area contributed by atoms with E-state index in [0.717, 1.165) is 12.1 Å². The smallest absolute Gasteiger partial charge is 0.363 e. The summed E-state index contributed by atoms with van der Waals surface area (Å²) >= 11 is 0. The van der Waals surface area contributed by atoms with Gasteiger partial charge >= 0.3 is 6.18 Å². The van der Waals surface area contributed by atoms with Crippen LogP contribution in [-0.4, -0.2) is 24.0 Å². The largest absolute Gasteiger partial charge is 0.436 e. The summed E-state index contributed by atoms with van der Waals surface area (Å²) < 4.78 is 68.3. The minimum atomic E-state index is -5.24. The number of nitrogens with zero attached hydrogens (tertiary/aromatic N) is 1. The molecule has 0 saturated carbocycles. The molecule has 3 aromatic rings. The highest BCUT2D eigenvalue weighted by molar-refractivity contribution is 7.89. The molecule has 1 atom stereocenters. The molecule has 0 radical (unpaired) electrons. The number of benzene rings is 3. The molecule has 4 nitrogen and oxygen atoms in total. The van der Waals surface area contributed by atoms with Crippen LogP contribution < -0.4 is 0 Å². The molecule has 29 heavy (non-hydrogen) atoms. The highest BCUT2D eigenvalue weighted by Crippen LogP contribution is 2.52. The Balaban J connectivity index is 1.92. The van der Waals surface area contributed by atoms with Crippen molar-refractivity contribution in [3.8, 4) is 11.1 Å². The molecule has 0 aliphatic carbocycles. The molecule has 0 spiro atoms. The van der Waals surface area contributed by atoms with Crippen molar-refractivity contribution >= 4 is 10.0 Å². The van der Waals surface area contributed by atoms with Gasteiger partial charge in [0.15, 0.2) is 0 Å². The first-order chi connectivity index (χ1) is 13.7. The number of halogens is 3. The van der Waals surface area contributed by atoms with Gasteiger partial charge < -0.3 is 5.11 Å². The van der Waals surface area contributed by atoms with Gasteiger partial charge in [0.1, 0.15) is 0 Å². The topological polar surface area (TPSA) is 57.6 Å². The number of alkyl halides is 3. The average Bonchev–Trinajstić information content (AvgIpc) is 2.88. The van der Waals surface area contributed by atoms with Crippen molar-refractivity contribution < 1.29 is 26.7 Å². The Morgan fingerprint density at radius 3 is 2.03 bits per heavy atom. The molecule has 1 N–H and O–H groups in total. The number of sulfonamides is 1. The van der Waals surface area contributed by atoms with Crippen molar-refractivity contribution in [2.75, 3.05) is 0 Å². The Bertz CT molecular complexity index is 1150. The molecule has 0 amide bonds. The zero-order chi connectivity index (χ0) is 20.9. The molecular weight excluding hydrogens is 403 g/mol. The first kappa shape index (κ1) is 19.6. The second-order valence-corrected chi connectivity index (χ2v) is 8.57. The van der Waals surface area contributed by atoms with Crippen LogP contribution in [-0.2, 0) is 22.3 Å². The maximum Gasteiger partial charge on any atom is 0.436 e. The number of hydrogen-bond acceptors (Lipinski definition) is 3. The summed E-state index contributed by atoms with van der Waals surface area (Å²) in [6.07, 6.45) is -5.24. The van der Waals surface area contributed by atoms with E-state index in [1.54, 1.807) is 48.5 Å². The maximum atomic E-state index is 14.1. The first-order valence-corrected chi connectivity index (χ1v) is 10.2. The standard InChI is InChI=1S/C21H16F3NO3S/c22-21(23,24)20(26)18-13-17(16-9-5-2-6-10-16)11-12-19(18)29(27,28)25(20)14-15-7-3-1-4-8-15/h1-13,26H,14H2. The Morgan fingerprint density at radius 1 is 0.862 bits per heavy atom. The van der Waals surface area contributed by atoms with Crippen LogP contribution in [0.1, 0.15) is 11.1 Å². The Hall–Kier alpha value is -2.68. The molecule has 0 aromatic heterocycles. The Morgan fingerprint density at radius 2 is 1.45 bits per heavy atom. The number of aliphatic hydroxyl groups is 1. The van der Waals surface area contributed by atoms with Gasteiger partial charge in [-0.3, -0.25) is 0 Å². The molecule has 150 valence electrons. The van der Waals surface area contributed by atoms with E-state index < -0.39 is 38.9 Å². The van der Waals surface area contributed by atoms with Gasteiger partial charge in [0, 0.05) is 12.1 Å². The number of rotatable bonds is 3. The van der Waals surface area contributed by atoms with E-state index in [0.29, 0.717) is 16.7 Å². The molecule has 1 heterocycles. The molecule has 1 aliphatic rings. The van der Waals surface area contributed by atoms with Gasteiger partial charge in [0.25, 0.3) is 5.72 Å². The first-order valence-electron chi connectivity index (χ1n) is 8.71. The minimum Gasteiger partial charge on any atom is -0.363 e. The SMILES string of the molecule is O=S1(=O)c2ccc(-c3ccccc3)cc2C(O)(C(F)(F)F)N1Cc1ccccc1. The van der Waals surface area contributed by atoms with Crippen molar-refractivity contribution in [3.63, 3.8) is 0 Å². The fraction of sp³-hybridized carbons (Fsp3) is 0.143. The van der Waals surface area contributed by atoms with Crippen LogP contribution in [0.15, 0.2) is 83.8 Å². The van der Waals surface area contributed by atoms with E-state index in [1.807, 2.05) is 0 Å². The summed E-state index contributed by atoms with van der Waals surface area (Å²) in [7, 11) is -4.57. The Labute approximate surface area is 165 Å². The van der Waals surface area contributed by atoms with E-state index in [1.165, 1.54) is 18.2 Å². The Kier molecular flexibility index (Phi) is 4.53. The van der Waals surface area contributed by atoms with Crippen LogP contribution >= 0.6 is 0 Å². The lowest BCUT2D eigenvalue weighted by Crippen LogP contribution is -2.53. The number of hydrogen-bond donors (Lipinski definition) is 1. The van der Waals surface area contributed by atoms with E-state index in [4.69, 9.17) is 0 Å². The lowest BCUT2D eigenvalue weighted by Gasteiger charge is -2.34. The monoisotopic (exact) mass is 419 g/mol. The second-order valence-electron chi connectivity index (χ2n) is 6.74. The maximum absolute atomic E-state index is 14.1. The summed E-state index contributed by atoms with van der Waals surface area (Å²) in [6.45, 7) is -0.617. The molecule has 4 rings (SSSR count). The van der Waals surface area contributed by atoms with Crippen molar-refractivity contribution in [2.24, 2.45) is 0 Å². The molecule has 1 aliphatic heterocycles. The van der Waals surface area contributed by atoms with Gasteiger partial charge in [-0.2, -0.15) is 17.5 Å². The molecule has 3 aromatic carbocycles. The summed E-state index contributed by atoms with van der Waals surface area (Å²) in [5.74, 6) is 0. The van der Waals surface area contributed by atoms with Gasteiger partial charge in [-0.15, -0.1) is 0 Å². The molecule has 0 saturated heterocycles. The van der Waals surface area contributed by atoms with Gasteiger partial charge in [0.2, 0.25) is 10.0 Å². The molecule has 0 bridgehead atoms. The van der Waals surface area contributed by atoms with Crippen LogP contribution in [0, 0.1) is 0 Å². The minimum absolute atomic E-state index is 0.120. The third kappa shape index (κ3) is 3.04. The van der Waals surface area contributed by atoms with E-state index in [-0.39, 0.29) is 4.31 Å². The quantitative estimate of drug-likeness (QED) is 0.690. The second kappa shape index (κ2) is 6.69. The highest BCUT2D eigenvalue weighted by Gasteiger charge is 2.68. The van der Waals surface area contributed by atoms with Gasteiger partial charge in [0.05, 0.1) is 4.90 Å². The van der Waals surface area contributed by atoms with Crippen molar-refractivity contribution in [1.82, 2.24) is 4.31 Å². The van der Waals surface area contributed by atoms with E-state index >= 15 is 0 Å². The molecular formula is C21H16F3NO3S. The van der Waals surface area contributed by atoms with Crippen molar-refractivity contribution in [2.45, 2.75) is 23.3 Å². The van der Waals surface area contributed by atoms with E-state index in [9.17, 15) is 26.7 Å². The van der Waals surface area contributed by atoms with Crippen LogP contribution in [0.5, 0.6) is 0 Å². The molecule has 0 fully saturated rings. The number of fused-ring (bicyclic) bond motifs is 1. The van der Waals surface area contributed by atoms with E-state index in [2.05, 4.69) is 0 Å². The summed E-state index contributed by atoms with van der Waals surface area (Å²) in [6, 6.07) is 20.1. The lowest BCUT2D eigenvalue weighted by atomic mass is 9.96. The third-order valence-electron chi connectivity index (χ3n) is 4.96. The highest BCUT2D eigenvalue weighted by atomic mass is 32.2. The lowest BCUT2D eigenvalue weighted by molar-refractivity contribution is -0.306. The summed E-state index contributed by atoms with van der Waals surface area (Å²) in [5.41, 5.74) is -3.04.